The average molecular weight is 256 g/mol. The minimum absolute atomic E-state index is 0.104. The maximum atomic E-state index is 9.53. The number of aromatic nitrogens is 4. The molecule has 0 bridgehead atoms. The molecule has 17 heavy (non-hydrogen) atoms. The van der Waals surface area contributed by atoms with Crippen molar-refractivity contribution in [2.24, 2.45) is 0 Å². The van der Waals surface area contributed by atoms with Gasteiger partial charge in [-0.3, -0.25) is 5.10 Å². The molecular formula is C9H10ClN5O2. The van der Waals surface area contributed by atoms with E-state index in [2.05, 4.69) is 20.2 Å². The molecule has 3 N–H and O–H groups in total. The molecule has 0 saturated carbocycles. The minimum atomic E-state index is -0.773. The molecule has 1 saturated heterocycles. The Morgan fingerprint density at radius 2 is 2.00 bits per heavy atom. The van der Waals surface area contributed by atoms with Gasteiger partial charge in [-0.25, -0.2) is 0 Å². The molecule has 0 radical (unpaired) electrons. The number of anilines is 1. The molecule has 3 heterocycles. The highest BCUT2D eigenvalue weighted by atomic mass is 35.5. The molecule has 2 atom stereocenters. The maximum Gasteiger partial charge on any atom is 0.226 e. The molecule has 1 aliphatic rings. The Kier molecular flexibility index (Phi) is 2.39. The van der Waals surface area contributed by atoms with Crippen molar-refractivity contribution in [2.75, 3.05) is 18.0 Å². The second kappa shape index (κ2) is 3.80. The number of β-amino-alcohol motifs (C(OH)–C–C–N with tert-alkyl or cyclic N) is 2. The summed E-state index contributed by atoms with van der Waals surface area (Å²) in [5, 5.41) is 26.5. The van der Waals surface area contributed by atoms with Gasteiger partial charge in [-0.2, -0.15) is 15.1 Å². The quantitative estimate of drug-likeness (QED) is 0.597. The number of aliphatic hydroxyl groups is 2. The van der Waals surface area contributed by atoms with Gasteiger partial charge < -0.3 is 15.1 Å². The Balaban J connectivity index is 2.08. The zero-order valence-electron chi connectivity index (χ0n) is 8.71. The van der Waals surface area contributed by atoms with Gasteiger partial charge in [0.1, 0.15) is 5.82 Å². The van der Waals surface area contributed by atoms with Crippen LogP contribution >= 0.6 is 11.6 Å². The summed E-state index contributed by atoms with van der Waals surface area (Å²) in [5.41, 5.74) is 0.538. The van der Waals surface area contributed by atoms with Gasteiger partial charge in [0.25, 0.3) is 0 Å². The first kappa shape index (κ1) is 10.7. The van der Waals surface area contributed by atoms with Crippen molar-refractivity contribution in [3.8, 4) is 0 Å². The van der Waals surface area contributed by atoms with Crippen molar-refractivity contribution in [1.29, 1.82) is 0 Å². The SMILES string of the molecule is OC1CN(c2nc(Cl)nc3[nH]ncc23)CC1O. The molecule has 2 unspecified atom stereocenters. The molecule has 0 aromatic carbocycles. The van der Waals surface area contributed by atoms with E-state index in [1.54, 1.807) is 11.1 Å². The van der Waals surface area contributed by atoms with Crippen molar-refractivity contribution < 1.29 is 10.2 Å². The molecule has 90 valence electrons. The number of hydrogen-bond donors (Lipinski definition) is 3. The summed E-state index contributed by atoms with van der Waals surface area (Å²) in [5.74, 6) is 0.573. The first-order valence-electron chi connectivity index (χ1n) is 5.13. The third-order valence-electron chi connectivity index (χ3n) is 2.82. The first-order valence-corrected chi connectivity index (χ1v) is 5.50. The molecule has 1 fully saturated rings. The monoisotopic (exact) mass is 255 g/mol. The van der Waals surface area contributed by atoms with E-state index in [0.29, 0.717) is 24.6 Å². The summed E-state index contributed by atoms with van der Waals surface area (Å²) in [6.07, 6.45) is 0.0503. The van der Waals surface area contributed by atoms with Crippen LogP contribution in [0.3, 0.4) is 0 Å². The highest BCUT2D eigenvalue weighted by Gasteiger charge is 2.31. The molecule has 0 amide bonds. The summed E-state index contributed by atoms with van der Waals surface area (Å²) < 4.78 is 0. The Labute approximate surface area is 101 Å². The third-order valence-corrected chi connectivity index (χ3v) is 2.99. The van der Waals surface area contributed by atoms with Crippen molar-refractivity contribution in [2.45, 2.75) is 12.2 Å². The van der Waals surface area contributed by atoms with Crippen LogP contribution < -0.4 is 4.90 Å². The van der Waals surface area contributed by atoms with E-state index in [-0.39, 0.29) is 5.28 Å². The molecule has 0 spiro atoms. The second-order valence-corrected chi connectivity index (χ2v) is 4.33. The Bertz CT molecular complexity index is 549. The molecular weight excluding hydrogens is 246 g/mol. The highest BCUT2D eigenvalue weighted by molar-refractivity contribution is 6.28. The van der Waals surface area contributed by atoms with Gasteiger partial charge in [0.15, 0.2) is 5.65 Å². The number of halogens is 1. The molecule has 3 rings (SSSR count). The van der Waals surface area contributed by atoms with Crippen LogP contribution in [-0.2, 0) is 0 Å². The van der Waals surface area contributed by atoms with Gasteiger partial charge in [-0.05, 0) is 11.6 Å². The standard InChI is InChI=1S/C9H10ClN5O2/c10-9-12-7-4(1-11-14-7)8(13-9)15-2-5(16)6(17)3-15/h1,5-6,16-17H,2-3H2,(H,11,12,13,14). The lowest BCUT2D eigenvalue weighted by atomic mass is 10.3. The van der Waals surface area contributed by atoms with Crippen LogP contribution in [0.4, 0.5) is 5.82 Å². The molecule has 2 aromatic rings. The number of fused-ring (bicyclic) bond motifs is 1. The van der Waals surface area contributed by atoms with E-state index in [0.717, 1.165) is 5.39 Å². The zero-order chi connectivity index (χ0) is 12.0. The molecule has 7 nitrogen and oxygen atoms in total. The van der Waals surface area contributed by atoms with Crippen molar-refractivity contribution in [1.82, 2.24) is 20.2 Å². The van der Waals surface area contributed by atoms with Gasteiger partial charge in [-0.15, -0.1) is 0 Å². The van der Waals surface area contributed by atoms with Gasteiger partial charge in [0.2, 0.25) is 5.28 Å². The Morgan fingerprint density at radius 3 is 2.71 bits per heavy atom. The van der Waals surface area contributed by atoms with E-state index >= 15 is 0 Å². The van der Waals surface area contributed by atoms with Gasteiger partial charge >= 0.3 is 0 Å². The summed E-state index contributed by atoms with van der Waals surface area (Å²) in [4.78, 5) is 9.88. The minimum Gasteiger partial charge on any atom is -0.389 e. The van der Waals surface area contributed by atoms with E-state index in [1.165, 1.54) is 0 Å². The fourth-order valence-electron chi connectivity index (χ4n) is 1.98. The van der Waals surface area contributed by atoms with Crippen LogP contribution in [0.1, 0.15) is 0 Å². The van der Waals surface area contributed by atoms with Crippen LogP contribution in [0, 0.1) is 0 Å². The smallest absolute Gasteiger partial charge is 0.226 e. The molecule has 0 aliphatic carbocycles. The molecule has 8 heteroatoms. The largest absolute Gasteiger partial charge is 0.389 e. The number of aliphatic hydroxyl groups excluding tert-OH is 2. The Morgan fingerprint density at radius 1 is 1.29 bits per heavy atom. The fourth-order valence-corrected chi connectivity index (χ4v) is 2.14. The number of H-pyrrole nitrogens is 1. The predicted molar refractivity (Wildman–Crippen MR) is 60.9 cm³/mol. The summed E-state index contributed by atoms with van der Waals surface area (Å²) in [6, 6.07) is 0. The van der Waals surface area contributed by atoms with E-state index in [4.69, 9.17) is 11.6 Å². The third kappa shape index (κ3) is 1.72. The zero-order valence-corrected chi connectivity index (χ0v) is 9.46. The number of nitrogens with one attached hydrogen (secondary N) is 1. The topological polar surface area (TPSA) is 98.2 Å². The Hall–Kier alpha value is -1.44. The van der Waals surface area contributed by atoms with Crippen LogP contribution in [0.5, 0.6) is 0 Å². The summed E-state index contributed by atoms with van der Waals surface area (Å²) >= 11 is 5.81. The maximum absolute atomic E-state index is 9.53. The number of hydrogen-bond acceptors (Lipinski definition) is 6. The summed E-state index contributed by atoms with van der Waals surface area (Å²) in [6.45, 7) is 0.629. The van der Waals surface area contributed by atoms with Crippen LogP contribution in [0.15, 0.2) is 6.20 Å². The van der Waals surface area contributed by atoms with Crippen LogP contribution in [-0.4, -0.2) is 55.7 Å². The lowest BCUT2D eigenvalue weighted by Crippen LogP contribution is -2.22. The van der Waals surface area contributed by atoms with Crippen LogP contribution in [0.2, 0.25) is 5.28 Å². The first-order chi connectivity index (χ1) is 8.15. The average Bonchev–Trinajstić information content (AvgIpc) is 2.85. The predicted octanol–water partition coefficient (Wildman–Crippen LogP) is -0.452. The number of rotatable bonds is 1. The van der Waals surface area contributed by atoms with Crippen molar-refractivity contribution in [3.63, 3.8) is 0 Å². The summed E-state index contributed by atoms with van der Waals surface area (Å²) in [7, 11) is 0. The van der Waals surface area contributed by atoms with E-state index < -0.39 is 12.2 Å². The molecule has 1 aliphatic heterocycles. The van der Waals surface area contributed by atoms with Gasteiger partial charge in [-0.1, -0.05) is 0 Å². The van der Waals surface area contributed by atoms with Crippen molar-refractivity contribution >= 4 is 28.5 Å². The van der Waals surface area contributed by atoms with Gasteiger partial charge in [0.05, 0.1) is 23.8 Å². The molecule has 2 aromatic heterocycles. The number of aromatic amines is 1. The second-order valence-electron chi connectivity index (χ2n) is 3.99. The lowest BCUT2D eigenvalue weighted by molar-refractivity contribution is 0.0572. The van der Waals surface area contributed by atoms with Crippen molar-refractivity contribution in [3.05, 3.63) is 11.5 Å². The van der Waals surface area contributed by atoms with E-state index in [9.17, 15) is 10.2 Å². The normalized spacial score (nSPS) is 24.8. The van der Waals surface area contributed by atoms with Gasteiger partial charge in [0, 0.05) is 13.1 Å². The highest BCUT2D eigenvalue weighted by Crippen LogP contribution is 2.26. The number of nitrogens with zero attached hydrogens (tertiary/aromatic N) is 4. The fraction of sp³-hybridized carbons (Fsp3) is 0.444. The van der Waals surface area contributed by atoms with Crippen LogP contribution in [0.25, 0.3) is 11.0 Å². The van der Waals surface area contributed by atoms with E-state index in [1.807, 2.05) is 0 Å². The lowest BCUT2D eigenvalue weighted by Gasteiger charge is -2.16.